The quantitative estimate of drug-likeness (QED) is 0.433. The molecule has 29 heavy (non-hydrogen) atoms. The molecule has 1 aliphatic heterocycles. The van der Waals surface area contributed by atoms with Crippen LogP contribution in [0.5, 0.6) is 0 Å². The van der Waals surface area contributed by atoms with Gasteiger partial charge in [-0.05, 0) is 38.9 Å². The molecule has 2 aromatic rings. The number of hydrogen-bond donors (Lipinski definition) is 0. The van der Waals surface area contributed by atoms with E-state index in [4.69, 9.17) is 0 Å². The molecule has 0 spiro atoms. The van der Waals surface area contributed by atoms with E-state index in [9.17, 15) is 9.83 Å². The van der Waals surface area contributed by atoms with Crippen LogP contribution < -0.4 is 9.92 Å². The van der Waals surface area contributed by atoms with E-state index in [0.717, 1.165) is 39.7 Å². The molecule has 0 bridgehead atoms. The van der Waals surface area contributed by atoms with E-state index in [2.05, 4.69) is 17.5 Å². The molecule has 1 unspecified atom stereocenters. The maximum atomic E-state index is 14.6. The zero-order valence-electron chi connectivity index (χ0n) is 16.9. The van der Waals surface area contributed by atoms with Crippen LogP contribution in [0.2, 0.25) is 0 Å². The average molecular weight is 423 g/mol. The number of hydrogen-bond acceptors (Lipinski definition) is 4. The third-order valence-electron chi connectivity index (χ3n) is 5.22. The highest BCUT2D eigenvalue weighted by Gasteiger charge is 2.33. The van der Waals surface area contributed by atoms with Crippen molar-refractivity contribution in [1.29, 1.82) is 5.26 Å². The van der Waals surface area contributed by atoms with E-state index in [1.165, 1.54) is 30.6 Å². The Hall–Kier alpha value is -2.18. The first-order valence-corrected chi connectivity index (χ1v) is 12.5. The maximum absolute atomic E-state index is 14.6. The Morgan fingerprint density at radius 3 is 2.62 bits per heavy atom. The van der Waals surface area contributed by atoms with Gasteiger partial charge >= 0.3 is 0 Å². The van der Waals surface area contributed by atoms with Crippen LogP contribution in [-0.4, -0.2) is 18.0 Å². The van der Waals surface area contributed by atoms with E-state index in [-0.39, 0.29) is 0 Å². The number of allylic oxidation sites excluding steroid dienone is 5. The highest BCUT2D eigenvalue weighted by molar-refractivity contribution is 7.86. The predicted octanol–water partition coefficient (Wildman–Crippen LogP) is 5.57. The lowest BCUT2D eigenvalue weighted by molar-refractivity contribution is 0.222. The largest absolute Gasteiger partial charge is 0.308 e. The van der Waals surface area contributed by atoms with E-state index < -0.39 is 7.14 Å². The van der Waals surface area contributed by atoms with Gasteiger partial charge in [0.1, 0.15) is 6.07 Å². The van der Waals surface area contributed by atoms with Crippen molar-refractivity contribution in [2.75, 3.05) is 13.1 Å². The van der Waals surface area contributed by atoms with Crippen LogP contribution in [0.4, 0.5) is 0 Å². The average Bonchev–Trinajstić information content (AvgIpc) is 3.18. The highest BCUT2D eigenvalue weighted by atomic mass is 32.1. The van der Waals surface area contributed by atoms with Crippen LogP contribution in [-0.2, 0) is 11.1 Å². The van der Waals surface area contributed by atoms with Crippen molar-refractivity contribution in [3.63, 3.8) is 0 Å². The number of benzene rings is 1. The van der Waals surface area contributed by atoms with Gasteiger partial charge in [-0.1, -0.05) is 67.6 Å². The SMILES string of the molecule is C=C/C=C\C(=C/C)P(=O)(c1ccccc1)c1cc(C#N)c(CN2CCCCC2)s1. The van der Waals surface area contributed by atoms with Gasteiger partial charge in [0.15, 0.2) is 7.14 Å². The van der Waals surface area contributed by atoms with Crippen molar-refractivity contribution in [2.45, 2.75) is 32.7 Å². The molecule has 3 nitrogen and oxygen atoms in total. The Morgan fingerprint density at radius 1 is 1.28 bits per heavy atom. The second-order valence-electron chi connectivity index (χ2n) is 7.12. The number of thiophene rings is 1. The molecule has 0 amide bonds. The third-order valence-corrected chi connectivity index (χ3v) is 10.1. The Labute approximate surface area is 178 Å². The summed E-state index contributed by atoms with van der Waals surface area (Å²) >= 11 is 1.53. The fourth-order valence-corrected chi connectivity index (χ4v) is 8.43. The van der Waals surface area contributed by atoms with Gasteiger partial charge in [0, 0.05) is 22.0 Å². The minimum absolute atomic E-state index is 0.648. The number of piperidine rings is 1. The molecule has 1 fully saturated rings. The summed E-state index contributed by atoms with van der Waals surface area (Å²) in [6.45, 7) is 8.54. The fourth-order valence-electron chi connectivity index (χ4n) is 3.69. The second kappa shape index (κ2) is 10.0. The van der Waals surface area contributed by atoms with Crippen LogP contribution in [0, 0.1) is 11.3 Å². The summed E-state index contributed by atoms with van der Waals surface area (Å²) in [5.41, 5.74) is 0.648. The van der Waals surface area contributed by atoms with Crippen molar-refractivity contribution in [3.8, 4) is 6.07 Å². The molecule has 1 saturated heterocycles. The van der Waals surface area contributed by atoms with Crippen molar-refractivity contribution in [1.82, 2.24) is 4.90 Å². The van der Waals surface area contributed by atoms with Crippen LogP contribution in [0.1, 0.15) is 36.6 Å². The lowest BCUT2D eigenvalue weighted by atomic mass is 10.1. The smallest absolute Gasteiger partial charge is 0.180 e. The molecule has 1 aromatic heterocycles. The highest BCUT2D eigenvalue weighted by Crippen LogP contribution is 2.54. The van der Waals surface area contributed by atoms with Crippen molar-refractivity contribution >= 4 is 28.4 Å². The molecule has 150 valence electrons. The molecule has 0 N–H and O–H groups in total. The number of rotatable bonds is 7. The Morgan fingerprint density at radius 2 is 2.00 bits per heavy atom. The van der Waals surface area contributed by atoms with E-state index >= 15 is 0 Å². The van der Waals surface area contributed by atoms with Gasteiger partial charge in [-0.25, -0.2) is 0 Å². The molecule has 3 rings (SSSR count). The predicted molar refractivity (Wildman–Crippen MR) is 125 cm³/mol. The fraction of sp³-hybridized carbons (Fsp3) is 0.292. The molecule has 1 atom stereocenters. The molecule has 0 radical (unpaired) electrons. The van der Waals surface area contributed by atoms with Gasteiger partial charge in [-0.3, -0.25) is 4.90 Å². The lowest BCUT2D eigenvalue weighted by Gasteiger charge is -2.25. The summed E-state index contributed by atoms with van der Waals surface area (Å²) in [6, 6.07) is 13.8. The monoisotopic (exact) mass is 422 g/mol. The summed E-state index contributed by atoms with van der Waals surface area (Å²) in [5.74, 6) is 0. The Balaban J connectivity index is 2.09. The summed E-state index contributed by atoms with van der Waals surface area (Å²) < 4.78 is 15.3. The first-order chi connectivity index (χ1) is 14.1. The standard InChI is InChI=1S/C24H27N2OPS/c1-3-5-12-21(4-2)28(27,22-13-8-6-9-14-22)24-17-20(18-25)23(29-24)19-26-15-10-7-11-16-26/h3-6,8-9,12-14,17H,1,7,10-11,15-16,19H2,2H3/b12-5-,21-4+. The summed E-state index contributed by atoms with van der Waals surface area (Å²) in [7, 11) is -3.06. The summed E-state index contributed by atoms with van der Waals surface area (Å²) in [5, 5.41) is 11.3. The second-order valence-corrected chi connectivity index (χ2v) is 11.3. The maximum Gasteiger partial charge on any atom is 0.180 e. The van der Waals surface area contributed by atoms with Gasteiger partial charge < -0.3 is 4.57 Å². The van der Waals surface area contributed by atoms with Crippen LogP contribution in [0.15, 0.2) is 72.6 Å². The van der Waals surface area contributed by atoms with Gasteiger partial charge in [0.05, 0.1) is 10.2 Å². The molecular weight excluding hydrogens is 395 g/mol. The molecule has 0 saturated carbocycles. The molecule has 2 heterocycles. The van der Waals surface area contributed by atoms with Crippen molar-refractivity contribution in [2.24, 2.45) is 0 Å². The minimum Gasteiger partial charge on any atom is -0.308 e. The van der Waals surface area contributed by atoms with Crippen LogP contribution in [0.25, 0.3) is 0 Å². The molecule has 1 aliphatic rings. The van der Waals surface area contributed by atoms with Crippen molar-refractivity contribution in [3.05, 3.63) is 83.0 Å². The van der Waals surface area contributed by atoms with Crippen LogP contribution >= 0.6 is 18.5 Å². The lowest BCUT2D eigenvalue weighted by Crippen LogP contribution is -2.28. The van der Waals surface area contributed by atoms with Crippen LogP contribution in [0.3, 0.4) is 0 Å². The Bertz CT molecular complexity index is 992. The van der Waals surface area contributed by atoms with Gasteiger partial charge in [-0.2, -0.15) is 5.26 Å². The first-order valence-electron chi connectivity index (χ1n) is 10.0. The number of nitriles is 1. The van der Waals surface area contributed by atoms with Gasteiger partial charge in [-0.15, -0.1) is 11.3 Å². The van der Waals surface area contributed by atoms with Gasteiger partial charge in [0.25, 0.3) is 0 Å². The number of likely N-dealkylation sites (tertiary alicyclic amines) is 1. The van der Waals surface area contributed by atoms with Gasteiger partial charge in [0.2, 0.25) is 0 Å². The van der Waals surface area contributed by atoms with E-state index in [1.807, 2.05) is 61.5 Å². The minimum atomic E-state index is -3.06. The summed E-state index contributed by atoms with van der Waals surface area (Å²) in [4.78, 5) is 3.42. The van der Waals surface area contributed by atoms with E-state index in [1.54, 1.807) is 6.08 Å². The topological polar surface area (TPSA) is 44.1 Å². The third kappa shape index (κ3) is 4.70. The zero-order chi connectivity index (χ0) is 20.7. The molecule has 0 aliphatic carbocycles. The zero-order valence-corrected chi connectivity index (χ0v) is 18.6. The molecule has 1 aromatic carbocycles. The van der Waals surface area contributed by atoms with Crippen molar-refractivity contribution < 1.29 is 4.57 Å². The molecular formula is C24H27N2OPS. The Kier molecular flexibility index (Phi) is 7.45. The summed E-state index contributed by atoms with van der Waals surface area (Å²) in [6.07, 6.45) is 11.0. The van der Waals surface area contributed by atoms with E-state index in [0.29, 0.717) is 5.56 Å². The first kappa shape index (κ1) is 21.5. The normalized spacial score (nSPS) is 17.7. The number of nitrogens with zero attached hydrogens (tertiary/aromatic N) is 2. The molecule has 5 heteroatoms.